The highest BCUT2D eigenvalue weighted by Crippen LogP contribution is 2.47. The smallest absolute Gasteiger partial charge is 0.322 e. The molecule has 0 saturated heterocycles. The number of urea groups is 1. The van der Waals surface area contributed by atoms with Gasteiger partial charge >= 0.3 is 11.9 Å². The lowest BCUT2D eigenvalue weighted by molar-refractivity contribution is -0.425. The fourth-order valence-electron chi connectivity index (χ4n) is 5.14. The van der Waals surface area contributed by atoms with Crippen molar-refractivity contribution in [2.45, 2.75) is 46.0 Å². The fraction of sp³-hybridized carbons (Fsp3) is 0.357. The van der Waals surface area contributed by atoms with Crippen LogP contribution in [0.4, 0.5) is 10.5 Å². The van der Waals surface area contributed by atoms with Crippen molar-refractivity contribution in [1.82, 2.24) is 4.90 Å². The summed E-state index contributed by atoms with van der Waals surface area (Å²) in [6.07, 6.45) is 4.56. The van der Waals surface area contributed by atoms with Crippen LogP contribution in [0.3, 0.4) is 0 Å². The normalized spacial score (nSPS) is 19.7. The van der Waals surface area contributed by atoms with E-state index in [0.717, 1.165) is 53.6 Å². The lowest BCUT2D eigenvalue weighted by Crippen LogP contribution is -2.55. The second kappa shape index (κ2) is 9.82. The van der Waals surface area contributed by atoms with Crippen molar-refractivity contribution in [2.24, 2.45) is 5.92 Å². The van der Waals surface area contributed by atoms with Gasteiger partial charge in [-0.1, -0.05) is 59.8 Å². The number of nitrogens with zero attached hydrogens (tertiary/aromatic N) is 2. The van der Waals surface area contributed by atoms with Crippen molar-refractivity contribution in [3.8, 4) is 0 Å². The Labute approximate surface area is 210 Å². The molecule has 1 aliphatic carbocycles. The summed E-state index contributed by atoms with van der Waals surface area (Å²) >= 11 is 1.54. The van der Waals surface area contributed by atoms with Crippen LogP contribution in [-0.2, 0) is 16.0 Å². The van der Waals surface area contributed by atoms with Crippen molar-refractivity contribution < 1.29 is 19.0 Å². The number of benzene rings is 2. The first-order valence-corrected chi connectivity index (χ1v) is 13.0. The van der Waals surface area contributed by atoms with E-state index in [2.05, 4.69) is 5.32 Å². The molecule has 0 fully saturated rings. The van der Waals surface area contributed by atoms with Gasteiger partial charge in [-0.25, -0.2) is 4.79 Å². The van der Waals surface area contributed by atoms with E-state index in [1.54, 1.807) is 4.58 Å². The lowest BCUT2D eigenvalue weighted by Gasteiger charge is -2.26. The molecule has 5 rings (SSSR count). The monoisotopic (exact) mass is 488 g/mol. The van der Waals surface area contributed by atoms with E-state index in [0.29, 0.717) is 18.0 Å². The third-order valence-electron chi connectivity index (χ3n) is 6.95. The summed E-state index contributed by atoms with van der Waals surface area (Å²) in [5.41, 5.74) is 5.05. The average molecular weight is 489 g/mol. The van der Waals surface area contributed by atoms with Crippen LogP contribution in [0.2, 0.25) is 0 Å². The molecule has 6 nitrogen and oxygen atoms in total. The molecule has 0 radical (unpaired) electrons. The molecule has 3 aliphatic rings. The molecule has 7 heteroatoms. The van der Waals surface area contributed by atoms with Crippen LogP contribution in [0.1, 0.15) is 42.4 Å². The number of anilines is 1. The molecule has 1 atom stereocenters. The Morgan fingerprint density at radius 2 is 1.86 bits per heavy atom. The maximum Gasteiger partial charge on any atom is 0.501 e. The Kier molecular flexibility index (Phi) is 6.60. The molecule has 2 aliphatic heterocycles. The van der Waals surface area contributed by atoms with Crippen molar-refractivity contribution in [3.05, 3.63) is 75.7 Å². The Bertz CT molecular complexity index is 1270. The van der Waals surface area contributed by atoms with Crippen molar-refractivity contribution >= 4 is 40.3 Å². The number of rotatable bonds is 6. The van der Waals surface area contributed by atoms with Crippen LogP contribution in [0.15, 0.2) is 59.0 Å². The molecular formula is C28H30N3O3S+. The van der Waals surface area contributed by atoms with E-state index in [-0.39, 0.29) is 18.4 Å². The van der Waals surface area contributed by atoms with Gasteiger partial charge in [0.1, 0.15) is 6.54 Å². The van der Waals surface area contributed by atoms with Gasteiger partial charge in [0, 0.05) is 12.1 Å². The highest BCUT2D eigenvalue weighted by atomic mass is 32.2. The number of carbonyl (C=O) groups is 3. The molecule has 0 aromatic heterocycles. The first kappa shape index (κ1) is 23.5. The van der Waals surface area contributed by atoms with E-state index in [9.17, 15) is 14.4 Å². The highest BCUT2D eigenvalue weighted by Gasteiger charge is 2.53. The highest BCUT2D eigenvalue weighted by molar-refractivity contribution is 8.17. The minimum absolute atomic E-state index is 0.110. The molecule has 1 N–H and O–H groups in total. The summed E-state index contributed by atoms with van der Waals surface area (Å²) in [4.78, 5) is 42.9. The summed E-state index contributed by atoms with van der Waals surface area (Å²) < 4.78 is 1.54. The predicted molar refractivity (Wildman–Crippen MR) is 139 cm³/mol. The van der Waals surface area contributed by atoms with Crippen LogP contribution in [0.5, 0.6) is 0 Å². The second-order valence-corrected chi connectivity index (χ2v) is 10.6. The van der Waals surface area contributed by atoms with Gasteiger partial charge in [0.2, 0.25) is 0 Å². The molecule has 35 heavy (non-hydrogen) atoms. The van der Waals surface area contributed by atoms with Gasteiger partial charge < -0.3 is 5.32 Å². The fourth-order valence-corrected chi connectivity index (χ4v) is 6.60. The Morgan fingerprint density at radius 3 is 2.63 bits per heavy atom. The maximum absolute atomic E-state index is 13.6. The summed E-state index contributed by atoms with van der Waals surface area (Å²) in [7, 11) is 0. The standard InChI is InChI=1S/C28H29N3O3S/c1-18-12-13-22(19(2)16-18)29-24(32)17-31-27-25(21-10-6-7-11-23(21)35-27)26(33)30(28(31)34)15-14-20-8-4-3-5-9-20/h3-5,8-9,12-13,16,25H,6-7,10-11,14-15,17H2,1-2H3/p+1. The minimum atomic E-state index is -0.433. The molecule has 0 saturated carbocycles. The van der Waals surface area contributed by atoms with Gasteiger partial charge in [-0.3, -0.25) is 4.79 Å². The number of hydrogen-bond donors (Lipinski definition) is 1. The predicted octanol–water partition coefficient (Wildman–Crippen LogP) is 5.05. The maximum atomic E-state index is 13.6. The summed E-state index contributed by atoms with van der Waals surface area (Å²) in [6, 6.07) is 15.3. The summed E-state index contributed by atoms with van der Waals surface area (Å²) in [5, 5.41) is 3.67. The molecule has 0 spiro atoms. The third kappa shape index (κ3) is 4.69. The van der Waals surface area contributed by atoms with E-state index < -0.39 is 11.9 Å². The molecular weight excluding hydrogens is 458 g/mol. The number of aryl methyl sites for hydroxylation is 2. The number of thioether (sulfide) groups is 1. The number of hydrogen-bond acceptors (Lipinski definition) is 4. The van der Waals surface area contributed by atoms with Crippen LogP contribution in [0, 0.1) is 19.8 Å². The SMILES string of the molecule is Cc1ccc(NC(=O)C[N+]2=C3SC4=C(CCCC4)C3C(=O)N(CCc3ccccc3)C2=O)c(C)c1. The molecule has 2 heterocycles. The number of allylic oxidation sites excluding steroid dienone is 1. The number of amides is 4. The third-order valence-corrected chi connectivity index (χ3v) is 8.32. The van der Waals surface area contributed by atoms with Crippen LogP contribution in [0.25, 0.3) is 0 Å². The molecule has 2 aromatic rings. The van der Waals surface area contributed by atoms with E-state index in [4.69, 9.17) is 0 Å². The number of fused-ring (bicyclic) bond motifs is 2. The summed E-state index contributed by atoms with van der Waals surface area (Å²) in [6.45, 7) is 4.15. The number of nitrogens with one attached hydrogen (secondary N) is 1. The average Bonchev–Trinajstić information content (AvgIpc) is 3.24. The first-order chi connectivity index (χ1) is 16.9. The van der Waals surface area contributed by atoms with Gasteiger partial charge in [-0.2, -0.15) is 14.3 Å². The van der Waals surface area contributed by atoms with Crippen LogP contribution >= 0.6 is 11.8 Å². The molecule has 4 amide bonds. The lowest BCUT2D eigenvalue weighted by atomic mass is 9.88. The Balaban J connectivity index is 1.43. The number of carbonyl (C=O) groups excluding carboxylic acids is 3. The molecule has 2 aromatic carbocycles. The Morgan fingerprint density at radius 1 is 1.09 bits per heavy atom. The van der Waals surface area contributed by atoms with Gasteiger partial charge in [-0.15, -0.1) is 0 Å². The zero-order chi connectivity index (χ0) is 24.5. The second-order valence-electron chi connectivity index (χ2n) is 9.49. The van der Waals surface area contributed by atoms with E-state index >= 15 is 0 Å². The quantitative estimate of drug-likeness (QED) is 0.578. The molecule has 1 unspecified atom stereocenters. The first-order valence-electron chi connectivity index (χ1n) is 12.2. The summed E-state index contributed by atoms with van der Waals surface area (Å²) in [5.74, 6) is -0.844. The van der Waals surface area contributed by atoms with Gasteiger partial charge in [0.15, 0.2) is 17.5 Å². The van der Waals surface area contributed by atoms with Gasteiger partial charge in [0.25, 0.3) is 5.91 Å². The van der Waals surface area contributed by atoms with Crippen molar-refractivity contribution in [3.63, 3.8) is 0 Å². The minimum Gasteiger partial charge on any atom is -0.322 e. The van der Waals surface area contributed by atoms with Crippen molar-refractivity contribution in [2.75, 3.05) is 18.4 Å². The van der Waals surface area contributed by atoms with Gasteiger partial charge in [-0.05, 0) is 67.2 Å². The van der Waals surface area contributed by atoms with E-state index in [1.807, 2.05) is 62.4 Å². The van der Waals surface area contributed by atoms with Crippen molar-refractivity contribution in [1.29, 1.82) is 0 Å². The topological polar surface area (TPSA) is 69.5 Å². The Hall–Kier alpha value is -3.19. The van der Waals surface area contributed by atoms with Crippen LogP contribution < -0.4 is 5.32 Å². The van der Waals surface area contributed by atoms with E-state index in [1.165, 1.54) is 21.6 Å². The largest absolute Gasteiger partial charge is 0.501 e. The van der Waals surface area contributed by atoms with Gasteiger partial charge in [0.05, 0.1) is 0 Å². The molecule has 180 valence electrons. The zero-order valence-electron chi connectivity index (χ0n) is 20.2. The molecule has 0 bridgehead atoms. The zero-order valence-corrected chi connectivity index (χ0v) is 21.0. The van der Waals surface area contributed by atoms with Crippen LogP contribution in [-0.4, -0.2) is 45.5 Å². The number of imide groups is 1.